The molecule has 1 aromatic heterocycles. The van der Waals surface area contributed by atoms with Crippen LogP contribution in [0.2, 0.25) is 0 Å². The predicted octanol–water partition coefficient (Wildman–Crippen LogP) is 1.93. The number of thioether (sulfide) groups is 1. The van der Waals surface area contributed by atoms with Gasteiger partial charge in [-0.15, -0.1) is 0 Å². The molecule has 0 atom stereocenters. The molecule has 1 heterocycles. The van der Waals surface area contributed by atoms with Gasteiger partial charge in [-0.25, -0.2) is 0 Å². The van der Waals surface area contributed by atoms with Gasteiger partial charge in [0.05, 0.1) is 0 Å². The maximum Gasteiger partial charge on any atom is 0.321 e. The van der Waals surface area contributed by atoms with Crippen LogP contribution in [0.5, 0.6) is 0 Å². The summed E-state index contributed by atoms with van der Waals surface area (Å²) in [4.78, 5) is 4.05. The molecule has 0 amide bonds. The molecule has 0 bridgehead atoms. The average Bonchev–Trinajstić information content (AvgIpc) is 2.48. The van der Waals surface area contributed by atoms with Gasteiger partial charge in [-0.2, -0.15) is 16.7 Å². The minimum atomic E-state index is 0.183. The standard InChI is InChI=1S/C8H15N3OS/c1-6-10-7(12-11-6)9-5-8(2,3)13-4/h5H2,1-4H3,(H,9,10,11). The third-order valence-electron chi connectivity index (χ3n) is 1.75. The first-order valence-electron chi connectivity index (χ1n) is 4.13. The summed E-state index contributed by atoms with van der Waals surface area (Å²) in [5, 5.41) is 6.78. The van der Waals surface area contributed by atoms with Crippen molar-refractivity contribution < 1.29 is 4.52 Å². The van der Waals surface area contributed by atoms with Crippen molar-refractivity contribution in [2.45, 2.75) is 25.5 Å². The first kappa shape index (κ1) is 10.4. The van der Waals surface area contributed by atoms with Gasteiger partial charge in [0, 0.05) is 11.3 Å². The summed E-state index contributed by atoms with van der Waals surface area (Å²) in [7, 11) is 0. The summed E-state index contributed by atoms with van der Waals surface area (Å²) in [6, 6.07) is 0.500. The molecule has 0 aliphatic rings. The van der Waals surface area contributed by atoms with E-state index in [2.05, 4.69) is 35.6 Å². The van der Waals surface area contributed by atoms with E-state index in [1.807, 2.05) is 0 Å². The van der Waals surface area contributed by atoms with Crippen LogP contribution in [0.25, 0.3) is 0 Å². The number of aromatic nitrogens is 2. The Bertz CT molecular complexity index is 272. The third-order valence-corrected chi connectivity index (χ3v) is 3.00. The lowest BCUT2D eigenvalue weighted by atomic mass is 10.2. The zero-order valence-electron chi connectivity index (χ0n) is 8.42. The van der Waals surface area contributed by atoms with Crippen LogP contribution in [0, 0.1) is 6.92 Å². The second kappa shape index (κ2) is 4.00. The number of nitrogens with one attached hydrogen (secondary N) is 1. The topological polar surface area (TPSA) is 51.0 Å². The van der Waals surface area contributed by atoms with Crippen LogP contribution in [-0.2, 0) is 0 Å². The van der Waals surface area contributed by atoms with Gasteiger partial charge < -0.3 is 9.84 Å². The molecule has 0 radical (unpaired) electrons. The van der Waals surface area contributed by atoms with Crippen LogP contribution in [-0.4, -0.2) is 27.7 Å². The van der Waals surface area contributed by atoms with E-state index < -0.39 is 0 Å². The van der Waals surface area contributed by atoms with Crippen molar-refractivity contribution in [3.63, 3.8) is 0 Å². The number of hydrogen-bond donors (Lipinski definition) is 1. The van der Waals surface area contributed by atoms with E-state index in [1.165, 1.54) is 0 Å². The fourth-order valence-corrected chi connectivity index (χ4v) is 0.946. The Morgan fingerprint density at radius 2 is 2.23 bits per heavy atom. The molecule has 1 aromatic rings. The second-order valence-corrected chi connectivity index (χ2v) is 4.98. The van der Waals surface area contributed by atoms with Crippen molar-refractivity contribution in [2.24, 2.45) is 0 Å². The monoisotopic (exact) mass is 201 g/mol. The largest absolute Gasteiger partial charge is 0.336 e. The molecule has 1 rings (SSSR count). The van der Waals surface area contributed by atoms with Gasteiger partial charge in [-0.05, 0) is 27.0 Å². The molecule has 0 aromatic carbocycles. The number of anilines is 1. The van der Waals surface area contributed by atoms with Crippen LogP contribution < -0.4 is 5.32 Å². The zero-order valence-corrected chi connectivity index (χ0v) is 9.23. The van der Waals surface area contributed by atoms with Crippen LogP contribution in [0.3, 0.4) is 0 Å². The molecule has 5 heteroatoms. The summed E-state index contributed by atoms with van der Waals surface area (Å²) in [6.45, 7) is 6.94. The smallest absolute Gasteiger partial charge is 0.321 e. The predicted molar refractivity (Wildman–Crippen MR) is 55.1 cm³/mol. The zero-order chi connectivity index (χ0) is 9.90. The molecule has 1 N–H and O–H groups in total. The number of hydrogen-bond acceptors (Lipinski definition) is 5. The highest BCUT2D eigenvalue weighted by molar-refractivity contribution is 7.99. The maximum atomic E-state index is 4.92. The highest BCUT2D eigenvalue weighted by Gasteiger charge is 2.16. The molecular formula is C8H15N3OS. The fraction of sp³-hybridized carbons (Fsp3) is 0.750. The first-order valence-corrected chi connectivity index (χ1v) is 5.35. The molecule has 4 nitrogen and oxygen atoms in total. The van der Waals surface area contributed by atoms with Crippen molar-refractivity contribution in [3.8, 4) is 0 Å². The Balaban J connectivity index is 2.43. The van der Waals surface area contributed by atoms with Crippen molar-refractivity contribution in [3.05, 3.63) is 5.82 Å². The van der Waals surface area contributed by atoms with Gasteiger partial charge in [0.15, 0.2) is 5.82 Å². The molecule has 0 spiro atoms. The number of rotatable bonds is 4. The van der Waals surface area contributed by atoms with Crippen LogP contribution in [0.15, 0.2) is 4.52 Å². The van der Waals surface area contributed by atoms with E-state index in [0.717, 1.165) is 6.54 Å². The van der Waals surface area contributed by atoms with E-state index >= 15 is 0 Å². The summed E-state index contributed by atoms with van der Waals surface area (Å²) in [5.41, 5.74) is 0. The van der Waals surface area contributed by atoms with E-state index in [-0.39, 0.29) is 4.75 Å². The van der Waals surface area contributed by atoms with Crippen molar-refractivity contribution in [1.82, 2.24) is 10.1 Å². The molecule has 0 saturated heterocycles. The lowest BCUT2D eigenvalue weighted by Crippen LogP contribution is -2.25. The Labute approximate surface area is 82.5 Å². The summed E-state index contributed by atoms with van der Waals surface area (Å²) in [5.74, 6) is 0.657. The molecule has 0 saturated carbocycles. The van der Waals surface area contributed by atoms with Gasteiger partial charge in [0.25, 0.3) is 0 Å². The average molecular weight is 201 g/mol. The minimum Gasteiger partial charge on any atom is -0.336 e. The lowest BCUT2D eigenvalue weighted by molar-refractivity contribution is 0.424. The molecule has 13 heavy (non-hydrogen) atoms. The first-order chi connectivity index (χ1) is 6.03. The molecule has 0 aliphatic carbocycles. The van der Waals surface area contributed by atoms with E-state index in [9.17, 15) is 0 Å². The number of aryl methyl sites for hydroxylation is 1. The van der Waals surface area contributed by atoms with Gasteiger partial charge in [0.2, 0.25) is 0 Å². The maximum absolute atomic E-state index is 4.92. The van der Waals surface area contributed by atoms with Crippen LogP contribution >= 0.6 is 11.8 Å². The van der Waals surface area contributed by atoms with Gasteiger partial charge in [0.1, 0.15) is 0 Å². The Hall–Kier alpha value is -0.710. The van der Waals surface area contributed by atoms with Crippen LogP contribution in [0.4, 0.5) is 6.01 Å². The summed E-state index contributed by atoms with van der Waals surface area (Å²) in [6.07, 6.45) is 2.08. The molecular weight excluding hydrogens is 186 g/mol. The molecule has 0 aliphatic heterocycles. The molecule has 0 fully saturated rings. The van der Waals surface area contributed by atoms with Crippen molar-refractivity contribution in [2.75, 3.05) is 18.1 Å². The molecule has 74 valence electrons. The summed E-state index contributed by atoms with van der Waals surface area (Å²) < 4.78 is 5.11. The Morgan fingerprint density at radius 3 is 2.69 bits per heavy atom. The van der Waals surface area contributed by atoms with Crippen molar-refractivity contribution >= 4 is 17.8 Å². The summed E-state index contributed by atoms with van der Waals surface area (Å²) >= 11 is 1.80. The number of nitrogens with zero attached hydrogens (tertiary/aromatic N) is 2. The Kier molecular flexibility index (Phi) is 3.19. The highest BCUT2D eigenvalue weighted by Crippen LogP contribution is 2.21. The van der Waals surface area contributed by atoms with Crippen molar-refractivity contribution in [1.29, 1.82) is 0 Å². The third kappa shape index (κ3) is 3.26. The highest BCUT2D eigenvalue weighted by atomic mass is 32.2. The molecule has 0 unspecified atom stereocenters. The fourth-order valence-electron chi connectivity index (χ4n) is 0.730. The normalized spacial score (nSPS) is 11.7. The van der Waals surface area contributed by atoms with Gasteiger partial charge >= 0.3 is 6.01 Å². The van der Waals surface area contributed by atoms with E-state index in [0.29, 0.717) is 11.8 Å². The van der Waals surface area contributed by atoms with E-state index in [1.54, 1.807) is 18.7 Å². The van der Waals surface area contributed by atoms with Gasteiger partial charge in [-0.3, -0.25) is 0 Å². The van der Waals surface area contributed by atoms with Crippen LogP contribution in [0.1, 0.15) is 19.7 Å². The lowest BCUT2D eigenvalue weighted by Gasteiger charge is -2.21. The van der Waals surface area contributed by atoms with Gasteiger partial charge in [-0.1, -0.05) is 5.16 Å². The minimum absolute atomic E-state index is 0.183. The second-order valence-electron chi connectivity index (χ2n) is 3.46. The SMILES string of the molecule is CSC(C)(C)CNc1nc(C)no1. The van der Waals surface area contributed by atoms with E-state index in [4.69, 9.17) is 4.52 Å². The Morgan fingerprint density at radius 1 is 1.54 bits per heavy atom. The quantitative estimate of drug-likeness (QED) is 0.806.